The number of hydrogen-bond donors (Lipinski definition) is 0. The van der Waals surface area contributed by atoms with Crippen LogP contribution in [0.2, 0.25) is 0 Å². The zero-order chi connectivity index (χ0) is 14.5. The van der Waals surface area contributed by atoms with Crippen LogP contribution in [0.4, 0.5) is 5.69 Å². The fourth-order valence-electron chi connectivity index (χ4n) is 1.43. The molecule has 1 aromatic carbocycles. The van der Waals surface area contributed by atoms with Crippen LogP contribution < -0.4 is 9.47 Å². The molecule has 0 spiro atoms. The average molecular weight is 272 g/mol. The minimum atomic E-state index is -0.585. The highest BCUT2D eigenvalue weighted by molar-refractivity contribution is 5.51. The van der Waals surface area contributed by atoms with Gasteiger partial charge in [0.1, 0.15) is 17.5 Å². The van der Waals surface area contributed by atoms with E-state index in [9.17, 15) is 10.1 Å². The maximum atomic E-state index is 10.9. The minimum absolute atomic E-state index is 0.0662. The molecule has 1 aromatic heterocycles. The molecule has 20 heavy (non-hydrogen) atoms. The van der Waals surface area contributed by atoms with Gasteiger partial charge in [-0.3, -0.25) is 10.1 Å². The summed E-state index contributed by atoms with van der Waals surface area (Å²) in [4.78, 5) is 17.9. The second-order valence-electron chi connectivity index (χ2n) is 3.53. The van der Waals surface area contributed by atoms with Crippen molar-refractivity contribution >= 4 is 5.69 Å². The molecule has 0 amide bonds. The molecule has 0 fully saturated rings. The highest BCUT2D eigenvalue weighted by Crippen LogP contribution is 2.32. The van der Waals surface area contributed by atoms with Crippen molar-refractivity contribution < 1.29 is 14.4 Å². The van der Waals surface area contributed by atoms with E-state index in [0.717, 1.165) is 0 Å². The van der Waals surface area contributed by atoms with Crippen LogP contribution in [0.15, 0.2) is 30.5 Å². The van der Waals surface area contributed by atoms with Crippen LogP contribution in [0, 0.1) is 21.4 Å². The zero-order valence-corrected chi connectivity index (χ0v) is 10.3. The topological polar surface area (TPSA) is 111 Å². The molecule has 0 aliphatic rings. The summed E-state index contributed by atoms with van der Waals surface area (Å²) in [6.45, 7) is 0. The van der Waals surface area contributed by atoms with Gasteiger partial charge in [0, 0.05) is 6.20 Å². The molecule has 0 N–H and O–H groups in total. The van der Waals surface area contributed by atoms with E-state index in [-0.39, 0.29) is 28.9 Å². The Morgan fingerprint density at radius 2 is 2.20 bits per heavy atom. The van der Waals surface area contributed by atoms with Gasteiger partial charge in [0.05, 0.1) is 18.1 Å². The number of rotatable bonds is 4. The summed E-state index contributed by atoms with van der Waals surface area (Å²) in [5.41, 5.74) is -0.0977. The van der Waals surface area contributed by atoms with Gasteiger partial charge in [0.25, 0.3) is 0 Å². The van der Waals surface area contributed by atoms with Crippen molar-refractivity contribution in [2.45, 2.75) is 0 Å². The second kappa shape index (κ2) is 5.62. The van der Waals surface area contributed by atoms with Crippen LogP contribution in [0.5, 0.6) is 17.5 Å². The van der Waals surface area contributed by atoms with E-state index in [0.29, 0.717) is 0 Å². The minimum Gasteiger partial charge on any atom is -0.490 e. The predicted molar refractivity (Wildman–Crippen MR) is 66.5 cm³/mol. The SMILES string of the molecule is COc1ccc(Oc2nccc(C#N)n2)cc1[N+](=O)[O-]. The molecule has 8 heteroatoms. The molecule has 8 nitrogen and oxygen atoms in total. The molecule has 0 unspecified atom stereocenters. The van der Waals surface area contributed by atoms with Gasteiger partial charge < -0.3 is 9.47 Å². The lowest BCUT2D eigenvalue weighted by Gasteiger charge is -2.05. The van der Waals surface area contributed by atoms with E-state index < -0.39 is 4.92 Å². The lowest BCUT2D eigenvalue weighted by Crippen LogP contribution is -1.96. The van der Waals surface area contributed by atoms with Crippen molar-refractivity contribution in [1.82, 2.24) is 9.97 Å². The Balaban J connectivity index is 2.32. The van der Waals surface area contributed by atoms with Crippen LogP contribution in [0.3, 0.4) is 0 Å². The highest BCUT2D eigenvalue weighted by Gasteiger charge is 2.16. The first-order chi connectivity index (χ1) is 9.63. The maximum absolute atomic E-state index is 10.9. The van der Waals surface area contributed by atoms with Crippen LogP contribution >= 0.6 is 0 Å². The number of nitriles is 1. The van der Waals surface area contributed by atoms with Gasteiger partial charge in [-0.1, -0.05) is 0 Å². The third-order valence-electron chi connectivity index (χ3n) is 2.30. The molecular formula is C12H8N4O4. The Morgan fingerprint density at radius 3 is 2.85 bits per heavy atom. The average Bonchev–Trinajstić information content (AvgIpc) is 2.47. The lowest BCUT2D eigenvalue weighted by molar-refractivity contribution is -0.385. The molecule has 0 bridgehead atoms. The van der Waals surface area contributed by atoms with Gasteiger partial charge in [-0.2, -0.15) is 10.2 Å². The zero-order valence-electron chi connectivity index (χ0n) is 10.3. The lowest BCUT2D eigenvalue weighted by atomic mass is 10.3. The highest BCUT2D eigenvalue weighted by atomic mass is 16.6. The van der Waals surface area contributed by atoms with Gasteiger partial charge >= 0.3 is 11.7 Å². The number of ether oxygens (including phenoxy) is 2. The molecule has 0 atom stereocenters. The van der Waals surface area contributed by atoms with Crippen molar-refractivity contribution in [3.8, 4) is 23.6 Å². The number of hydrogen-bond acceptors (Lipinski definition) is 7. The van der Waals surface area contributed by atoms with Crippen molar-refractivity contribution in [3.63, 3.8) is 0 Å². The third-order valence-corrected chi connectivity index (χ3v) is 2.30. The smallest absolute Gasteiger partial charge is 0.323 e. The normalized spacial score (nSPS) is 9.60. The van der Waals surface area contributed by atoms with E-state index in [1.54, 1.807) is 0 Å². The van der Waals surface area contributed by atoms with E-state index in [2.05, 4.69) is 9.97 Å². The number of nitrogens with zero attached hydrogens (tertiary/aromatic N) is 4. The first-order valence-electron chi connectivity index (χ1n) is 5.37. The van der Waals surface area contributed by atoms with E-state index in [1.807, 2.05) is 6.07 Å². The number of nitro benzene ring substituents is 1. The number of nitro groups is 1. The molecule has 0 radical (unpaired) electrons. The van der Waals surface area contributed by atoms with Crippen LogP contribution in [-0.4, -0.2) is 22.0 Å². The summed E-state index contributed by atoms with van der Waals surface area (Å²) in [5.74, 6) is 0.293. The van der Waals surface area contributed by atoms with Gasteiger partial charge in [-0.25, -0.2) is 4.98 Å². The molecule has 2 rings (SSSR count). The van der Waals surface area contributed by atoms with E-state index in [1.165, 1.54) is 37.6 Å². The number of benzene rings is 1. The van der Waals surface area contributed by atoms with Crippen LogP contribution in [0.1, 0.15) is 5.69 Å². The first-order valence-corrected chi connectivity index (χ1v) is 5.37. The van der Waals surface area contributed by atoms with Crippen molar-refractivity contribution in [2.75, 3.05) is 7.11 Å². The van der Waals surface area contributed by atoms with Crippen LogP contribution in [-0.2, 0) is 0 Å². The molecule has 0 saturated heterocycles. The number of methoxy groups -OCH3 is 1. The molecule has 0 aliphatic carbocycles. The molecular weight excluding hydrogens is 264 g/mol. The third kappa shape index (κ3) is 2.78. The standard InChI is InChI=1S/C12H8N4O4/c1-19-11-3-2-9(6-10(11)16(17)18)20-12-14-5-4-8(7-13)15-12/h2-6H,1H3. The van der Waals surface area contributed by atoms with Gasteiger partial charge in [0.2, 0.25) is 0 Å². The molecule has 1 heterocycles. The Kier molecular flexibility index (Phi) is 3.72. The summed E-state index contributed by atoms with van der Waals surface area (Å²) in [7, 11) is 1.34. The Labute approximate surface area is 113 Å². The summed E-state index contributed by atoms with van der Waals surface area (Å²) < 4.78 is 10.2. The second-order valence-corrected chi connectivity index (χ2v) is 3.53. The van der Waals surface area contributed by atoms with Crippen LogP contribution in [0.25, 0.3) is 0 Å². The summed E-state index contributed by atoms with van der Waals surface area (Å²) >= 11 is 0. The fourth-order valence-corrected chi connectivity index (χ4v) is 1.43. The largest absolute Gasteiger partial charge is 0.490 e. The number of aromatic nitrogens is 2. The Bertz CT molecular complexity index is 696. The summed E-state index contributed by atoms with van der Waals surface area (Å²) in [6.07, 6.45) is 1.36. The molecule has 0 aliphatic heterocycles. The van der Waals surface area contributed by atoms with Crippen molar-refractivity contribution in [2.24, 2.45) is 0 Å². The molecule has 0 saturated carbocycles. The van der Waals surface area contributed by atoms with E-state index >= 15 is 0 Å². The fraction of sp³-hybridized carbons (Fsp3) is 0.0833. The molecule has 100 valence electrons. The van der Waals surface area contributed by atoms with Gasteiger partial charge in [0.15, 0.2) is 5.75 Å². The predicted octanol–water partition coefficient (Wildman–Crippen LogP) is 2.06. The van der Waals surface area contributed by atoms with Gasteiger partial charge in [-0.05, 0) is 18.2 Å². The maximum Gasteiger partial charge on any atom is 0.323 e. The monoisotopic (exact) mass is 272 g/mol. The Morgan fingerprint density at radius 1 is 1.40 bits per heavy atom. The van der Waals surface area contributed by atoms with E-state index in [4.69, 9.17) is 14.7 Å². The summed E-state index contributed by atoms with van der Waals surface area (Å²) in [6, 6.07) is 7.28. The molecule has 2 aromatic rings. The summed E-state index contributed by atoms with van der Waals surface area (Å²) in [5, 5.41) is 19.6. The van der Waals surface area contributed by atoms with Gasteiger partial charge in [-0.15, -0.1) is 0 Å². The van der Waals surface area contributed by atoms with Crippen molar-refractivity contribution in [3.05, 3.63) is 46.3 Å². The first kappa shape index (κ1) is 13.2. The Hall–Kier alpha value is -3.21. The van der Waals surface area contributed by atoms with Crippen molar-refractivity contribution in [1.29, 1.82) is 5.26 Å². The quantitative estimate of drug-likeness (QED) is 0.618.